The smallest absolute Gasteiger partial charge is 0.234 e. The average molecular weight is 328 g/mol. The molecule has 6 heteroatoms. The number of amides is 1. The highest BCUT2D eigenvalue weighted by atomic mass is 35.5. The van der Waals surface area contributed by atoms with E-state index < -0.39 is 5.82 Å². The summed E-state index contributed by atoms with van der Waals surface area (Å²) in [6.07, 6.45) is 0. The number of nitrogens with one attached hydrogen (secondary N) is 1. The highest BCUT2D eigenvalue weighted by molar-refractivity contribution is 7.99. The zero-order chi connectivity index (χ0) is 15.2. The summed E-state index contributed by atoms with van der Waals surface area (Å²) in [5.74, 6) is -0.163. The van der Waals surface area contributed by atoms with E-state index in [-0.39, 0.29) is 22.5 Å². The van der Waals surface area contributed by atoms with Crippen molar-refractivity contribution in [2.75, 3.05) is 11.1 Å². The molecule has 2 aromatic rings. The SMILES string of the molecule is O=C(CSCc1ccc(F)cc1)Nc1ccc(F)c(Cl)c1. The van der Waals surface area contributed by atoms with E-state index in [2.05, 4.69) is 5.32 Å². The highest BCUT2D eigenvalue weighted by Crippen LogP contribution is 2.20. The van der Waals surface area contributed by atoms with Gasteiger partial charge < -0.3 is 5.32 Å². The second-order valence-corrected chi connectivity index (χ2v) is 5.69. The lowest BCUT2D eigenvalue weighted by Crippen LogP contribution is -2.14. The van der Waals surface area contributed by atoms with Gasteiger partial charge in [-0.05, 0) is 35.9 Å². The van der Waals surface area contributed by atoms with Gasteiger partial charge in [0.05, 0.1) is 10.8 Å². The molecular weight excluding hydrogens is 316 g/mol. The van der Waals surface area contributed by atoms with Gasteiger partial charge in [-0.2, -0.15) is 0 Å². The van der Waals surface area contributed by atoms with E-state index in [1.165, 1.54) is 42.1 Å². The summed E-state index contributed by atoms with van der Waals surface area (Å²) < 4.78 is 25.7. The van der Waals surface area contributed by atoms with Gasteiger partial charge in [-0.1, -0.05) is 23.7 Å². The van der Waals surface area contributed by atoms with Crippen molar-refractivity contribution in [3.63, 3.8) is 0 Å². The third-order valence-corrected chi connectivity index (χ3v) is 3.91. The summed E-state index contributed by atoms with van der Waals surface area (Å²) in [5, 5.41) is 2.60. The number of carbonyl (C=O) groups is 1. The second kappa shape index (κ2) is 7.43. The Morgan fingerprint density at radius 3 is 2.52 bits per heavy atom. The number of hydrogen-bond donors (Lipinski definition) is 1. The van der Waals surface area contributed by atoms with Gasteiger partial charge in [0, 0.05) is 11.4 Å². The largest absolute Gasteiger partial charge is 0.325 e. The molecule has 2 rings (SSSR count). The molecule has 0 spiro atoms. The number of rotatable bonds is 5. The van der Waals surface area contributed by atoms with Crippen molar-refractivity contribution in [3.05, 3.63) is 64.7 Å². The van der Waals surface area contributed by atoms with Crippen LogP contribution in [0, 0.1) is 11.6 Å². The number of halogens is 3. The molecule has 21 heavy (non-hydrogen) atoms. The lowest BCUT2D eigenvalue weighted by Gasteiger charge is -2.06. The summed E-state index contributed by atoms with van der Waals surface area (Å²) in [5.41, 5.74) is 1.40. The highest BCUT2D eigenvalue weighted by Gasteiger charge is 2.06. The number of thioether (sulfide) groups is 1. The lowest BCUT2D eigenvalue weighted by atomic mass is 10.2. The topological polar surface area (TPSA) is 29.1 Å². The van der Waals surface area contributed by atoms with E-state index in [0.717, 1.165) is 5.56 Å². The maximum atomic E-state index is 13.0. The maximum Gasteiger partial charge on any atom is 0.234 e. The third-order valence-electron chi connectivity index (χ3n) is 2.62. The Kier molecular flexibility index (Phi) is 5.59. The van der Waals surface area contributed by atoms with E-state index in [4.69, 9.17) is 11.6 Å². The minimum absolute atomic E-state index is 0.0354. The van der Waals surface area contributed by atoms with Crippen molar-refractivity contribution in [2.45, 2.75) is 5.75 Å². The van der Waals surface area contributed by atoms with Gasteiger partial charge in [0.15, 0.2) is 0 Å². The molecule has 0 aromatic heterocycles. The zero-order valence-corrected chi connectivity index (χ0v) is 12.5. The fourth-order valence-electron chi connectivity index (χ4n) is 1.61. The molecule has 0 saturated heterocycles. The molecule has 0 aliphatic carbocycles. The Labute approximate surface area is 130 Å². The molecule has 0 radical (unpaired) electrons. The molecule has 1 N–H and O–H groups in total. The van der Waals surface area contributed by atoms with Crippen molar-refractivity contribution >= 4 is 35.0 Å². The van der Waals surface area contributed by atoms with Crippen LogP contribution in [0.2, 0.25) is 5.02 Å². The van der Waals surface area contributed by atoms with E-state index in [1.807, 2.05) is 0 Å². The Morgan fingerprint density at radius 1 is 1.14 bits per heavy atom. The Hall–Kier alpha value is -1.59. The molecule has 2 aromatic carbocycles. The minimum Gasteiger partial charge on any atom is -0.325 e. The first-order valence-electron chi connectivity index (χ1n) is 6.11. The van der Waals surface area contributed by atoms with E-state index in [9.17, 15) is 13.6 Å². The van der Waals surface area contributed by atoms with Crippen LogP contribution >= 0.6 is 23.4 Å². The van der Waals surface area contributed by atoms with Gasteiger partial charge in [0.2, 0.25) is 5.91 Å². The molecule has 0 atom stereocenters. The fraction of sp³-hybridized carbons (Fsp3) is 0.133. The predicted octanol–water partition coefficient (Wildman–Crippen LogP) is 4.49. The van der Waals surface area contributed by atoms with Gasteiger partial charge in [-0.15, -0.1) is 11.8 Å². The van der Waals surface area contributed by atoms with Crippen LogP contribution in [0.15, 0.2) is 42.5 Å². The monoisotopic (exact) mass is 327 g/mol. The van der Waals surface area contributed by atoms with Crippen LogP contribution in [0.3, 0.4) is 0 Å². The summed E-state index contributed by atoms with van der Waals surface area (Å²) >= 11 is 7.04. The first kappa shape index (κ1) is 15.8. The first-order chi connectivity index (χ1) is 10.0. The van der Waals surface area contributed by atoms with Crippen molar-refractivity contribution in [2.24, 2.45) is 0 Å². The van der Waals surface area contributed by atoms with Crippen molar-refractivity contribution < 1.29 is 13.6 Å². The molecule has 0 unspecified atom stereocenters. The zero-order valence-electron chi connectivity index (χ0n) is 10.9. The van der Waals surface area contributed by atoms with Gasteiger partial charge >= 0.3 is 0 Å². The van der Waals surface area contributed by atoms with Gasteiger partial charge in [-0.3, -0.25) is 4.79 Å². The quantitative estimate of drug-likeness (QED) is 0.876. The summed E-state index contributed by atoms with van der Waals surface area (Å²) in [6.45, 7) is 0. The number of anilines is 1. The van der Waals surface area contributed by atoms with Gasteiger partial charge in [0.25, 0.3) is 0 Å². The summed E-state index contributed by atoms with van der Waals surface area (Å²) in [7, 11) is 0. The normalized spacial score (nSPS) is 10.4. The van der Waals surface area contributed by atoms with Crippen LogP contribution in [0.4, 0.5) is 14.5 Å². The van der Waals surface area contributed by atoms with Crippen LogP contribution in [-0.4, -0.2) is 11.7 Å². The number of carbonyl (C=O) groups excluding carboxylic acids is 1. The summed E-state index contributed by atoms with van der Waals surface area (Å²) in [6, 6.07) is 10.1. The molecule has 0 fully saturated rings. The van der Waals surface area contributed by atoms with Crippen molar-refractivity contribution in [3.8, 4) is 0 Å². The van der Waals surface area contributed by atoms with E-state index >= 15 is 0 Å². The molecule has 1 amide bonds. The minimum atomic E-state index is -0.527. The average Bonchev–Trinajstić information content (AvgIpc) is 2.45. The molecule has 2 nitrogen and oxygen atoms in total. The molecule has 0 aliphatic heterocycles. The van der Waals surface area contributed by atoms with E-state index in [1.54, 1.807) is 12.1 Å². The Balaban J connectivity index is 1.79. The lowest BCUT2D eigenvalue weighted by molar-refractivity contribution is -0.113. The third kappa shape index (κ3) is 5.02. The Morgan fingerprint density at radius 2 is 1.86 bits per heavy atom. The van der Waals surface area contributed by atoms with Crippen LogP contribution in [0.25, 0.3) is 0 Å². The molecule has 0 saturated carbocycles. The second-order valence-electron chi connectivity index (χ2n) is 4.30. The van der Waals surface area contributed by atoms with Crippen molar-refractivity contribution in [1.29, 1.82) is 0 Å². The Bertz CT molecular complexity index is 634. The first-order valence-corrected chi connectivity index (χ1v) is 7.65. The van der Waals surface area contributed by atoms with Gasteiger partial charge in [-0.25, -0.2) is 8.78 Å². The van der Waals surface area contributed by atoms with E-state index in [0.29, 0.717) is 11.4 Å². The van der Waals surface area contributed by atoms with Gasteiger partial charge in [0.1, 0.15) is 11.6 Å². The molecule has 0 bridgehead atoms. The molecule has 0 aliphatic rings. The summed E-state index contributed by atoms with van der Waals surface area (Å²) in [4.78, 5) is 11.7. The predicted molar refractivity (Wildman–Crippen MR) is 82.6 cm³/mol. The van der Waals surface area contributed by atoms with Crippen LogP contribution < -0.4 is 5.32 Å². The van der Waals surface area contributed by atoms with Crippen LogP contribution in [-0.2, 0) is 10.5 Å². The van der Waals surface area contributed by atoms with Crippen LogP contribution in [0.1, 0.15) is 5.56 Å². The van der Waals surface area contributed by atoms with Crippen molar-refractivity contribution in [1.82, 2.24) is 0 Å². The number of benzene rings is 2. The molecular formula is C15H12ClF2NOS. The number of hydrogen-bond acceptors (Lipinski definition) is 2. The molecule has 110 valence electrons. The fourth-order valence-corrected chi connectivity index (χ4v) is 2.58. The molecule has 0 heterocycles. The maximum absolute atomic E-state index is 13.0. The van der Waals surface area contributed by atoms with Crippen LogP contribution in [0.5, 0.6) is 0 Å². The standard InChI is InChI=1S/C15H12ClF2NOS/c16-13-7-12(5-6-14(13)18)19-15(20)9-21-8-10-1-3-11(17)4-2-10/h1-7H,8-9H2,(H,19,20).